The summed E-state index contributed by atoms with van der Waals surface area (Å²) in [5.74, 6) is -11.1. The largest absolute Gasteiger partial charge is 0.458 e. The number of hydrogen-bond donors (Lipinski definition) is 14. The van der Waals surface area contributed by atoms with Crippen molar-refractivity contribution in [2.75, 3.05) is 26.3 Å². The zero-order valence-electron chi connectivity index (χ0n) is 41.8. The number of nitrogens with one attached hydrogen (secondary N) is 10. The smallest absolute Gasteiger partial charge is 0.407 e. The second-order valence-corrected chi connectivity index (χ2v) is 18.7. The van der Waals surface area contributed by atoms with Crippen LogP contribution in [0.15, 0.2) is 0 Å². The minimum absolute atomic E-state index is 0.0933. The van der Waals surface area contributed by atoms with Crippen LogP contribution in [-0.2, 0) is 67.0 Å². The summed E-state index contributed by atoms with van der Waals surface area (Å²) in [5, 5.41) is 43.3. The second kappa shape index (κ2) is 29.9. The Balaban J connectivity index is 3.05. The van der Waals surface area contributed by atoms with Crippen LogP contribution in [0.25, 0.3) is 0 Å². The second-order valence-electron chi connectivity index (χ2n) is 18.7. The van der Waals surface area contributed by atoms with Gasteiger partial charge in [0.25, 0.3) is 0 Å². The molecule has 1 rings (SSSR count). The first-order valence-corrected chi connectivity index (χ1v) is 23.0. The first kappa shape index (κ1) is 62.8. The number of esters is 1. The molecule has 406 valence electrons. The number of nitrogens with two attached hydrogens (primary N) is 2. The third-order valence-electron chi connectivity index (χ3n) is 9.84. The minimum atomic E-state index is -1.78. The molecule has 0 aromatic rings. The number of carbonyl (C=O) groups is 13. The Morgan fingerprint density at radius 2 is 1.11 bits per heavy atom. The molecule has 29 heteroatoms. The summed E-state index contributed by atoms with van der Waals surface area (Å²) >= 11 is 0. The summed E-state index contributed by atoms with van der Waals surface area (Å²) in [6, 6.07) is -11.6. The Kier molecular flexibility index (Phi) is 26.1. The molecular weight excluding hydrogens is 957 g/mol. The van der Waals surface area contributed by atoms with E-state index in [1.807, 2.05) is 0 Å². The quantitative estimate of drug-likeness (QED) is 0.0245. The van der Waals surface area contributed by atoms with E-state index in [1.54, 1.807) is 20.8 Å². The van der Waals surface area contributed by atoms with E-state index in [-0.39, 0.29) is 44.6 Å². The normalized spacial score (nSPS) is 16.2. The SMILES string of the molecule is C[C@H](NC(=O)[C@@H]1CCC(=O)N1)C(=O)N[C@@H](CCCCNC(=O)OC(C)(C)C)C(=O)N[C@@H](CO)C(=O)N[C@@H](CCC(N)=O)C(=O)N[C@H](C)C(=O)NCC(=O)N[C@@H](CO)C(=O)N[C@@H](CC(N)=O)C(=O)OC(C)(C)C. The summed E-state index contributed by atoms with van der Waals surface area (Å²) in [4.78, 5) is 164. The fourth-order valence-electron chi connectivity index (χ4n) is 6.21. The van der Waals surface area contributed by atoms with Gasteiger partial charge in [0.05, 0.1) is 26.2 Å². The Morgan fingerprint density at radius 3 is 1.64 bits per heavy atom. The van der Waals surface area contributed by atoms with E-state index in [2.05, 4.69) is 53.2 Å². The highest BCUT2D eigenvalue weighted by atomic mass is 16.6. The Bertz CT molecular complexity index is 1990. The molecule has 72 heavy (non-hydrogen) atoms. The van der Waals surface area contributed by atoms with Crippen molar-refractivity contribution in [3.63, 3.8) is 0 Å². The molecule has 0 saturated carbocycles. The molecule has 8 atom stereocenters. The maximum absolute atomic E-state index is 13.7. The molecule has 0 aromatic carbocycles. The third-order valence-corrected chi connectivity index (χ3v) is 9.84. The van der Waals surface area contributed by atoms with Gasteiger partial charge in [-0.1, -0.05) is 0 Å². The van der Waals surface area contributed by atoms with E-state index >= 15 is 0 Å². The highest BCUT2D eigenvalue weighted by molar-refractivity contribution is 5.98. The number of rotatable bonds is 29. The van der Waals surface area contributed by atoms with E-state index in [9.17, 15) is 72.5 Å². The molecule has 29 nitrogen and oxygen atoms in total. The Labute approximate surface area is 415 Å². The molecule has 1 fully saturated rings. The van der Waals surface area contributed by atoms with Gasteiger partial charge in [0, 0.05) is 19.4 Å². The summed E-state index contributed by atoms with van der Waals surface area (Å²) in [6.07, 6.45) is -1.59. The number of hydrogen-bond acceptors (Lipinski definition) is 17. The first-order valence-electron chi connectivity index (χ1n) is 23.0. The average Bonchev–Trinajstić information content (AvgIpc) is 3.71. The van der Waals surface area contributed by atoms with E-state index in [0.717, 1.165) is 0 Å². The number of primary amides is 2. The zero-order valence-corrected chi connectivity index (χ0v) is 41.8. The highest BCUT2D eigenvalue weighted by Crippen LogP contribution is 2.11. The van der Waals surface area contributed by atoms with Crippen molar-refractivity contribution in [1.82, 2.24) is 53.2 Å². The van der Waals surface area contributed by atoms with Crippen molar-refractivity contribution in [3.8, 4) is 0 Å². The minimum Gasteiger partial charge on any atom is -0.458 e. The molecule has 0 aliphatic carbocycles. The third kappa shape index (κ3) is 25.1. The van der Waals surface area contributed by atoms with Crippen molar-refractivity contribution in [3.05, 3.63) is 0 Å². The average molecular weight is 1030 g/mol. The van der Waals surface area contributed by atoms with Crippen molar-refractivity contribution in [1.29, 1.82) is 0 Å². The van der Waals surface area contributed by atoms with Crippen molar-refractivity contribution < 1.29 is 82.0 Å². The maximum Gasteiger partial charge on any atom is 0.407 e. The number of ether oxygens (including phenoxy) is 2. The summed E-state index contributed by atoms with van der Waals surface area (Å²) in [6.45, 7) is 9.36. The number of carbonyl (C=O) groups excluding carboxylic acids is 13. The Morgan fingerprint density at radius 1 is 0.611 bits per heavy atom. The molecule has 0 spiro atoms. The van der Waals surface area contributed by atoms with Gasteiger partial charge in [0.15, 0.2) is 0 Å². The van der Waals surface area contributed by atoms with Crippen LogP contribution in [0.2, 0.25) is 0 Å². The maximum atomic E-state index is 13.7. The predicted octanol–water partition coefficient (Wildman–Crippen LogP) is -6.02. The number of alkyl carbamates (subject to hydrolysis) is 1. The van der Waals surface area contributed by atoms with Crippen LogP contribution in [0.5, 0.6) is 0 Å². The van der Waals surface area contributed by atoms with Gasteiger partial charge in [-0.05, 0) is 87.5 Å². The van der Waals surface area contributed by atoms with Gasteiger partial charge in [-0.25, -0.2) is 9.59 Å². The van der Waals surface area contributed by atoms with Crippen LogP contribution >= 0.6 is 0 Å². The topological polar surface area (TPSA) is 453 Å². The fraction of sp³-hybridized carbons (Fsp3) is 0.698. The molecule has 1 heterocycles. The molecule has 0 aromatic heterocycles. The van der Waals surface area contributed by atoms with E-state index in [1.165, 1.54) is 34.6 Å². The van der Waals surface area contributed by atoms with Crippen molar-refractivity contribution >= 4 is 77.0 Å². The zero-order chi connectivity index (χ0) is 55.1. The van der Waals surface area contributed by atoms with E-state index in [0.29, 0.717) is 0 Å². The Hall–Kier alpha value is -7.17. The number of unbranched alkanes of at least 4 members (excludes halogenated alkanes) is 1. The van der Waals surface area contributed by atoms with Crippen LogP contribution in [0.4, 0.5) is 4.79 Å². The predicted molar refractivity (Wildman–Crippen MR) is 249 cm³/mol. The lowest BCUT2D eigenvalue weighted by Gasteiger charge is -2.26. The van der Waals surface area contributed by atoms with Gasteiger partial charge in [0.2, 0.25) is 65.0 Å². The molecule has 1 aliphatic heterocycles. The lowest BCUT2D eigenvalue weighted by atomic mass is 10.1. The van der Waals surface area contributed by atoms with Gasteiger partial charge in [-0.15, -0.1) is 0 Å². The fourth-order valence-corrected chi connectivity index (χ4v) is 6.21. The molecule has 1 saturated heterocycles. The molecule has 16 N–H and O–H groups in total. The molecule has 0 bridgehead atoms. The molecular formula is C43H72N12O17. The van der Waals surface area contributed by atoms with Gasteiger partial charge in [-0.3, -0.25) is 52.7 Å². The van der Waals surface area contributed by atoms with Gasteiger partial charge in [-0.2, -0.15) is 0 Å². The monoisotopic (exact) mass is 1030 g/mol. The van der Waals surface area contributed by atoms with E-state index < -0.39 is 170 Å². The van der Waals surface area contributed by atoms with Crippen molar-refractivity contribution in [2.24, 2.45) is 11.5 Å². The highest BCUT2D eigenvalue weighted by Gasteiger charge is 2.34. The number of aliphatic hydroxyl groups is 2. The molecule has 0 radical (unpaired) electrons. The van der Waals surface area contributed by atoms with Crippen molar-refractivity contribution in [2.45, 2.75) is 166 Å². The van der Waals surface area contributed by atoms with Crippen LogP contribution in [0, 0.1) is 0 Å². The first-order chi connectivity index (χ1) is 33.4. The standard InChI is InChI=1S/C43H72N12O17/c1-21(33(62)47-18-32(61)51-27(19-56)38(67)54-26(17-30(45)59)40(69)71-42(3,4)5)48-36(65)25(12-14-29(44)58)53-39(68)28(20-57)55-37(66)23(11-9-10-16-46-41(70)72-43(6,7)8)52-34(63)22(2)49-35(64)24-13-15-31(60)50-24/h21-28,56-57H,9-20H2,1-8H3,(H2,44,58)(H2,45,59)(H,46,70)(H,47,62)(H,48,65)(H,49,64)(H,50,60)(H,51,61)(H,52,63)(H,53,68)(H,54,67)(H,55,66)/t21-,22+,23+,24+,25+,26+,27+,28+/m1/s1. The van der Waals surface area contributed by atoms with Gasteiger partial charge < -0.3 is 84.3 Å². The number of aliphatic hydroxyl groups excluding tert-OH is 2. The van der Waals surface area contributed by atoms with Crippen LogP contribution in [0.3, 0.4) is 0 Å². The molecule has 0 unspecified atom stereocenters. The lowest BCUT2D eigenvalue weighted by Crippen LogP contribution is -2.60. The van der Waals surface area contributed by atoms with Crippen LogP contribution in [0.1, 0.15) is 107 Å². The van der Waals surface area contributed by atoms with Gasteiger partial charge in [0.1, 0.15) is 59.5 Å². The summed E-state index contributed by atoms with van der Waals surface area (Å²) < 4.78 is 10.4. The van der Waals surface area contributed by atoms with Crippen LogP contribution in [-0.4, -0.2) is 173 Å². The summed E-state index contributed by atoms with van der Waals surface area (Å²) in [7, 11) is 0. The number of amides is 12. The lowest BCUT2D eigenvalue weighted by molar-refractivity contribution is -0.159. The van der Waals surface area contributed by atoms with E-state index in [4.69, 9.17) is 20.9 Å². The molecule has 1 aliphatic rings. The van der Waals surface area contributed by atoms with Gasteiger partial charge >= 0.3 is 12.1 Å². The van der Waals surface area contributed by atoms with Crippen LogP contribution < -0.4 is 64.6 Å². The summed E-state index contributed by atoms with van der Waals surface area (Å²) in [5.41, 5.74) is 8.69. The molecule has 12 amide bonds.